The summed E-state index contributed by atoms with van der Waals surface area (Å²) in [4.78, 5) is 0. The molecule has 64 valence electrons. The van der Waals surface area contributed by atoms with Gasteiger partial charge in [0.25, 0.3) is 0 Å². The van der Waals surface area contributed by atoms with E-state index in [0.717, 1.165) is 5.92 Å². The van der Waals surface area contributed by atoms with Gasteiger partial charge in [-0.25, -0.2) is 0 Å². The molecule has 2 fully saturated rings. The van der Waals surface area contributed by atoms with E-state index in [2.05, 4.69) is 31.9 Å². The molecule has 2 rings (SSSR count). The van der Waals surface area contributed by atoms with Gasteiger partial charge in [0.1, 0.15) is 0 Å². The third kappa shape index (κ3) is 1.20. The number of hydrogen-bond donors (Lipinski definition) is 0. The summed E-state index contributed by atoms with van der Waals surface area (Å²) >= 11 is 7.39. The first kappa shape index (κ1) is 8.52. The Kier molecular flexibility index (Phi) is 2.10. The summed E-state index contributed by atoms with van der Waals surface area (Å²) in [5.41, 5.74) is 0. The fourth-order valence-corrected chi connectivity index (χ4v) is 4.27. The average molecular weight is 284 g/mol. The molecule has 0 N–H and O–H groups in total. The highest BCUT2D eigenvalue weighted by Gasteiger charge is 2.65. The Hall–Kier alpha value is 0.920. The topological polar surface area (TPSA) is 9.23 Å². The normalized spacial score (nSPS) is 46.6. The minimum absolute atomic E-state index is 0.219. The van der Waals surface area contributed by atoms with Crippen LogP contribution in [0.1, 0.15) is 19.3 Å². The fraction of sp³-hybridized carbons (Fsp3) is 1.00. The molecule has 0 aliphatic heterocycles. The van der Waals surface area contributed by atoms with Crippen LogP contribution < -0.4 is 0 Å². The molecule has 0 saturated heterocycles. The molecular formula is C8H12Br2O. The van der Waals surface area contributed by atoms with E-state index in [-0.39, 0.29) is 3.23 Å². The van der Waals surface area contributed by atoms with Gasteiger partial charge in [-0.2, -0.15) is 0 Å². The summed E-state index contributed by atoms with van der Waals surface area (Å²) in [5, 5.41) is 0. The van der Waals surface area contributed by atoms with Crippen molar-refractivity contribution in [3.05, 3.63) is 0 Å². The zero-order valence-corrected chi connectivity index (χ0v) is 9.69. The Morgan fingerprint density at radius 2 is 2.09 bits per heavy atom. The first-order valence-corrected chi connectivity index (χ1v) is 5.67. The Morgan fingerprint density at radius 3 is 2.64 bits per heavy atom. The summed E-state index contributed by atoms with van der Waals surface area (Å²) in [6, 6.07) is 0. The zero-order valence-electron chi connectivity index (χ0n) is 6.52. The van der Waals surface area contributed by atoms with E-state index in [9.17, 15) is 0 Å². The predicted octanol–water partition coefficient (Wildman–Crippen LogP) is 2.92. The van der Waals surface area contributed by atoms with Crippen molar-refractivity contribution in [2.45, 2.75) is 28.6 Å². The maximum atomic E-state index is 5.42. The number of alkyl halides is 2. The molecule has 2 saturated carbocycles. The molecule has 0 heterocycles. The third-order valence-corrected chi connectivity index (χ3v) is 5.20. The Balaban J connectivity index is 2.07. The van der Waals surface area contributed by atoms with Gasteiger partial charge >= 0.3 is 0 Å². The van der Waals surface area contributed by atoms with Crippen LogP contribution in [-0.2, 0) is 4.74 Å². The smallest absolute Gasteiger partial charge is 0.0894 e. The molecule has 0 aromatic heterocycles. The molecule has 0 unspecified atom stereocenters. The average Bonchev–Trinajstić information content (AvgIpc) is 2.56. The van der Waals surface area contributed by atoms with Crippen LogP contribution in [0.4, 0.5) is 0 Å². The van der Waals surface area contributed by atoms with Gasteiger partial charge in [-0.15, -0.1) is 0 Å². The maximum Gasteiger partial charge on any atom is 0.0894 e. The monoisotopic (exact) mass is 282 g/mol. The summed E-state index contributed by atoms with van der Waals surface area (Å²) in [6.07, 6.45) is 4.38. The zero-order chi connectivity index (χ0) is 8.06. The minimum Gasteiger partial charge on any atom is -0.381 e. The number of rotatable bonds is 1. The Labute approximate surface area is 84.1 Å². The molecule has 0 bridgehead atoms. The van der Waals surface area contributed by atoms with Crippen LogP contribution in [0, 0.1) is 11.8 Å². The number of ether oxygens (including phenoxy) is 1. The standard InChI is InChI=1S/C8H12Br2O/c1-11-6-4-2-3-5-7(6)8(5,9)10/h5-7H,2-4H2,1H3/t5-,6+,7-/m0/s1. The first-order valence-electron chi connectivity index (χ1n) is 4.08. The van der Waals surface area contributed by atoms with Crippen LogP contribution in [0.2, 0.25) is 0 Å². The maximum absolute atomic E-state index is 5.42. The fourth-order valence-electron chi connectivity index (χ4n) is 2.28. The summed E-state index contributed by atoms with van der Waals surface area (Å²) < 4.78 is 5.64. The number of fused-ring (bicyclic) bond motifs is 1. The summed E-state index contributed by atoms with van der Waals surface area (Å²) in [7, 11) is 1.82. The lowest BCUT2D eigenvalue weighted by atomic mass is 9.98. The molecule has 2 aliphatic rings. The molecule has 0 spiro atoms. The van der Waals surface area contributed by atoms with Crippen LogP contribution in [0.25, 0.3) is 0 Å². The van der Waals surface area contributed by atoms with Crippen LogP contribution in [-0.4, -0.2) is 16.4 Å². The molecule has 3 heteroatoms. The second-order valence-electron chi connectivity index (χ2n) is 3.51. The van der Waals surface area contributed by atoms with E-state index in [1.807, 2.05) is 7.11 Å². The van der Waals surface area contributed by atoms with Crippen LogP contribution in [0.15, 0.2) is 0 Å². The van der Waals surface area contributed by atoms with Gasteiger partial charge in [-0.05, 0) is 18.8 Å². The van der Waals surface area contributed by atoms with Gasteiger partial charge in [0, 0.05) is 13.0 Å². The van der Waals surface area contributed by atoms with E-state index in [1.165, 1.54) is 19.3 Å². The van der Waals surface area contributed by atoms with Crippen molar-refractivity contribution in [2.75, 3.05) is 7.11 Å². The molecule has 3 atom stereocenters. The SMILES string of the molecule is CO[C@@H]1CCC[C@H]2[C@@H]1C2(Br)Br. The van der Waals surface area contributed by atoms with Crippen molar-refractivity contribution in [1.82, 2.24) is 0 Å². The van der Waals surface area contributed by atoms with Crippen LogP contribution in [0.3, 0.4) is 0 Å². The molecule has 0 amide bonds. The lowest BCUT2D eigenvalue weighted by Crippen LogP contribution is -2.18. The van der Waals surface area contributed by atoms with E-state index < -0.39 is 0 Å². The van der Waals surface area contributed by atoms with Crippen LogP contribution in [0.5, 0.6) is 0 Å². The summed E-state index contributed by atoms with van der Waals surface area (Å²) in [6.45, 7) is 0. The van der Waals surface area contributed by atoms with Gasteiger partial charge < -0.3 is 4.74 Å². The molecule has 1 nitrogen and oxygen atoms in total. The third-order valence-electron chi connectivity index (χ3n) is 2.97. The highest BCUT2D eigenvalue weighted by atomic mass is 79.9. The number of methoxy groups -OCH3 is 1. The predicted molar refractivity (Wildman–Crippen MR) is 52.2 cm³/mol. The lowest BCUT2D eigenvalue weighted by Gasteiger charge is -2.18. The van der Waals surface area contributed by atoms with E-state index in [1.54, 1.807) is 0 Å². The Bertz CT molecular complexity index is 169. The minimum atomic E-state index is 0.219. The van der Waals surface area contributed by atoms with E-state index in [4.69, 9.17) is 4.74 Å². The van der Waals surface area contributed by atoms with E-state index in [0.29, 0.717) is 12.0 Å². The number of halogens is 2. The van der Waals surface area contributed by atoms with Crippen molar-refractivity contribution in [1.29, 1.82) is 0 Å². The van der Waals surface area contributed by atoms with E-state index >= 15 is 0 Å². The highest BCUT2D eigenvalue weighted by Crippen LogP contribution is 2.67. The molecule has 0 aromatic rings. The van der Waals surface area contributed by atoms with Crippen molar-refractivity contribution < 1.29 is 4.74 Å². The van der Waals surface area contributed by atoms with Crippen molar-refractivity contribution in [2.24, 2.45) is 11.8 Å². The Morgan fingerprint density at radius 1 is 1.36 bits per heavy atom. The van der Waals surface area contributed by atoms with Gasteiger partial charge in [-0.1, -0.05) is 38.3 Å². The van der Waals surface area contributed by atoms with Crippen molar-refractivity contribution in [3.8, 4) is 0 Å². The lowest BCUT2D eigenvalue weighted by molar-refractivity contribution is 0.0590. The molecule has 2 aliphatic carbocycles. The number of hydrogen-bond acceptors (Lipinski definition) is 1. The van der Waals surface area contributed by atoms with Crippen LogP contribution >= 0.6 is 31.9 Å². The largest absolute Gasteiger partial charge is 0.381 e. The van der Waals surface area contributed by atoms with Gasteiger partial charge in [0.2, 0.25) is 0 Å². The van der Waals surface area contributed by atoms with Crippen molar-refractivity contribution >= 4 is 31.9 Å². The van der Waals surface area contributed by atoms with Crippen molar-refractivity contribution in [3.63, 3.8) is 0 Å². The second kappa shape index (κ2) is 2.71. The quantitative estimate of drug-likeness (QED) is 0.673. The van der Waals surface area contributed by atoms with Gasteiger partial charge in [-0.3, -0.25) is 0 Å². The molecular weight excluding hydrogens is 272 g/mol. The molecule has 0 radical (unpaired) electrons. The highest BCUT2D eigenvalue weighted by molar-refractivity contribution is 9.25. The molecule has 11 heavy (non-hydrogen) atoms. The van der Waals surface area contributed by atoms with Gasteiger partial charge in [0.15, 0.2) is 0 Å². The summed E-state index contributed by atoms with van der Waals surface area (Å²) in [5.74, 6) is 1.52. The van der Waals surface area contributed by atoms with Gasteiger partial charge in [0.05, 0.1) is 9.34 Å². The molecule has 0 aromatic carbocycles. The second-order valence-corrected chi connectivity index (χ2v) is 7.20. The first-order chi connectivity index (χ1) is 5.18.